The molecular weight excluding hydrogens is 438 g/mol. The van der Waals surface area contributed by atoms with Crippen LogP contribution in [0.1, 0.15) is 27.0 Å². The molecule has 3 aromatic carbocycles. The van der Waals surface area contributed by atoms with Crippen LogP contribution in [0.5, 0.6) is 0 Å². The number of rotatable bonds is 4. The van der Waals surface area contributed by atoms with Crippen molar-refractivity contribution < 1.29 is 13.2 Å². The molecule has 0 bridgehead atoms. The van der Waals surface area contributed by atoms with Gasteiger partial charge in [-0.05, 0) is 68.3 Å². The van der Waals surface area contributed by atoms with Gasteiger partial charge in [-0.2, -0.15) is 4.31 Å². The molecule has 4 nitrogen and oxygen atoms in total. The molecule has 6 heteroatoms. The molecule has 1 amide bonds. The van der Waals surface area contributed by atoms with Gasteiger partial charge in [-0.3, -0.25) is 4.79 Å². The molecule has 0 radical (unpaired) electrons. The highest BCUT2D eigenvalue weighted by atomic mass is 79.9. The highest BCUT2D eigenvalue weighted by molar-refractivity contribution is 9.10. The number of aryl methyl sites for hydroxylation is 2. The molecule has 0 N–H and O–H groups in total. The topological polar surface area (TPSA) is 54.5 Å². The van der Waals surface area contributed by atoms with E-state index < -0.39 is 15.9 Å². The van der Waals surface area contributed by atoms with E-state index in [9.17, 15) is 13.2 Å². The Hall–Kier alpha value is -2.44. The van der Waals surface area contributed by atoms with Crippen molar-refractivity contribution in [3.63, 3.8) is 0 Å². The van der Waals surface area contributed by atoms with Crippen molar-refractivity contribution in [3.8, 4) is 0 Å². The number of benzene rings is 3. The van der Waals surface area contributed by atoms with E-state index in [1.165, 1.54) is 12.1 Å². The van der Waals surface area contributed by atoms with E-state index in [1.54, 1.807) is 48.5 Å². The quantitative estimate of drug-likeness (QED) is 0.526. The van der Waals surface area contributed by atoms with Crippen LogP contribution in [0.25, 0.3) is 0 Å². The molecule has 3 rings (SSSR count). The number of hydrogen-bond acceptors (Lipinski definition) is 3. The summed E-state index contributed by atoms with van der Waals surface area (Å²) >= 11 is 3.35. The second kappa shape index (κ2) is 7.89. The maximum Gasteiger partial charge on any atom is 0.272 e. The Labute approximate surface area is 174 Å². The minimum Gasteiger partial charge on any atom is -0.268 e. The average Bonchev–Trinajstić information content (AvgIpc) is 2.65. The van der Waals surface area contributed by atoms with Crippen molar-refractivity contribution in [2.75, 3.05) is 4.31 Å². The van der Waals surface area contributed by atoms with Crippen LogP contribution < -0.4 is 4.31 Å². The van der Waals surface area contributed by atoms with Crippen LogP contribution in [-0.2, 0) is 10.0 Å². The molecule has 28 heavy (non-hydrogen) atoms. The van der Waals surface area contributed by atoms with Crippen LogP contribution in [0, 0.1) is 20.8 Å². The van der Waals surface area contributed by atoms with Crippen LogP contribution in [0.4, 0.5) is 5.69 Å². The molecule has 0 aliphatic carbocycles. The molecule has 0 aliphatic heterocycles. The van der Waals surface area contributed by atoms with Crippen LogP contribution in [-0.4, -0.2) is 14.3 Å². The standard InChI is InChI=1S/C22H20BrNO3S/c1-15-10-12-20(13-11-15)28(26,27)24(21-9-4-6-16(2)17(21)3)22(25)18-7-5-8-19(23)14-18/h4-14H,1-3H3. The molecule has 0 aromatic heterocycles. The van der Waals surface area contributed by atoms with Gasteiger partial charge < -0.3 is 0 Å². The van der Waals surface area contributed by atoms with Gasteiger partial charge in [0.15, 0.2) is 0 Å². The number of nitrogens with zero attached hydrogens (tertiary/aromatic N) is 1. The first-order valence-electron chi connectivity index (χ1n) is 8.70. The highest BCUT2D eigenvalue weighted by Gasteiger charge is 2.33. The van der Waals surface area contributed by atoms with Crippen molar-refractivity contribution in [2.24, 2.45) is 0 Å². The summed E-state index contributed by atoms with van der Waals surface area (Å²) in [4.78, 5) is 13.4. The molecule has 0 heterocycles. The number of carbonyl (C=O) groups excluding carboxylic acids is 1. The normalized spacial score (nSPS) is 11.3. The SMILES string of the molecule is Cc1ccc(S(=O)(=O)N(C(=O)c2cccc(Br)c2)c2cccc(C)c2C)cc1. The summed E-state index contributed by atoms with van der Waals surface area (Å²) in [5.74, 6) is -0.601. The Morgan fingerprint density at radius 2 is 1.54 bits per heavy atom. The summed E-state index contributed by atoms with van der Waals surface area (Å²) in [6, 6.07) is 18.5. The molecule has 0 fully saturated rings. The first kappa shape index (κ1) is 20.3. The Kier molecular flexibility index (Phi) is 5.72. The van der Waals surface area contributed by atoms with E-state index in [-0.39, 0.29) is 10.5 Å². The monoisotopic (exact) mass is 457 g/mol. The van der Waals surface area contributed by atoms with Crippen LogP contribution in [0.2, 0.25) is 0 Å². The van der Waals surface area contributed by atoms with E-state index in [0.717, 1.165) is 21.0 Å². The zero-order chi connectivity index (χ0) is 20.5. The average molecular weight is 458 g/mol. The minimum atomic E-state index is -4.10. The summed E-state index contributed by atoms with van der Waals surface area (Å²) in [5.41, 5.74) is 3.22. The lowest BCUT2D eigenvalue weighted by atomic mass is 10.1. The number of hydrogen-bond donors (Lipinski definition) is 0. The minimum absolute atomic E-state index is 0.0716. The van der Waals surface area contributed by atoms with E-state index in [0.29, 0.717) is 10.2 Å². The molecule has 0 aliphatic rings. The summed E-state index contributed by atoms with van der Waals surface area (Å²) in [5, 5.41) is 0. The molecule has 0 saturated heterocycles. The number of carbonyl (C=O) groups is 1. The first-order chi connectivity index (χ1) is 13.2. The molecule has 0 unspecified atom stereocenters. The molecule has 3 aromatic rings. The zero-order valence-corrected chi connectivity index (χ0v) is 18.2. The van der Waals surface area contributed by atoms with E-state index >= 15 is 0 Å². The molecule has 0 atom stereocenters. The van der Waals surface area contributed by atoms with E-state index in [1.807, 2.05) is 26.8 Å². The van der Waals surface area contributed by atoms with Gasteiger partial charge >= 0.3 is 0 Å². The van der Waals surface area contributed by atoms with Gasteiger partial charge in [0.2, 0.25) is 0 Å². The van der Waals surface area contributed by atoms with E-state index in [2.05, 4.69) is 15.9 Å². The molecular formula is C22H20BrNO3S. The van der Waals surface area contributed by atoms with Gasteiger partial charge in [0, 0.05) is 10.0 Å². The fourth-order valence-electron chi connectivity index (χ4n) is 2.86. The first-order valence-corrected chi connectivity index (χ1v) is 10.9. The summed E-state index contributed by atoms with van der Waals surface area (Å²) in [6.07, 6.45) is 0. The lowest BCUT2D eigenvalue weighted by molar-refractivity contribution is 0.100. The lowest BCUT2D eigenvalue weighted by Gasteiger charge is -2.25. The number of sulfonamides is 1. The number of amides is 1. The predicted molar refractivity (Wildman–Crippen MR) is 115 cm³/mol. The third-order valence-electron chi connectivity index (χ3n) is 4.61. The molecule has 0 spiro atoms. The van der Waals surface area contributed by atoms with Crippen LogP contribution in [0.15, 0.2) is 76.1 Å². The molecule has 144 valence electrons. The van der Waals surface area contributed by atoms with Gasteiger partial charge in [-0.25, -0.2) is 8.42 Å². The van der Waals surface area contributed by atoms with Crippen LogP contribution in [0.3, 0.4) is 0 Å². The second-order valence-electron chi connectivity index (χ2n) is 6.62. The lowest BCUT2D eigenvalue weighted by Crippen LogP contribution is -2.37. The maximum atomic E-state index is 13.5. The Bertz CT molecular complexity index is 1140. The highest BCUT2D eigenvalue weighted by Crippen LogP contribution is 2.31. The predicted octanol–water partition coefficient (Wildman–Crippen LogP) is 5.41. The summed E-state index contributed by atoms with van der Waals surface area (Å²) in [6.45, 7) is 5.58. The summed E-state index contributed by atoms with van der Waals surface area (Å²) < 4.78 is 28.6. The second-order valence-corrected chi connectivity index (χ2v) is 9.32. The number of anilines is 1. The van der Waals surface area contributed by atoms with Crippen molar-refractivity contribution in [3.05, 3.63) is 93.5 Å². The zero-order valence-electron chi connectivity index (χ0n) is 15.8. The van der Waals surface area contributed by atoms with Crippen molar-refractivity contribution in [1.82, 2.24) is 0 Å². The van der Waals surface area contributed by atoms with Gasteiger partial charge in [-0.1, -0.05) is 51.8 Å². The summed E-state index contributed by atoms with van der Waals surface area (Å²) in [7, 11) is -4.10. The Morgan fingerprint density at radius 3 is 2.18 bits per heavy atom. The molecule has 0 saturated carbocycles. The Morgan fingerprint density at radius 1 is 0.893 bits per heavy atom. The van der Waals surface area contributed by atoms with E-state index in [4.69, 9.17) is 0 Å². The van der Waals surface area contributed by atoms with Crippen molar-refractivity contribution >= 4 is 37.5 Å². The van der Waals surface area contributed by atoms with Crippen LogP contribution >= 0.6 is 15.9 Å². The smallest absolute Gasteiger partial charge is 0.268 e. The Balaban J connectivity index is 2.24. The fraction of sp³-hybridized carbons (Fsp3) is 0.136. The van der Waals surface area contributed by atoms with Gasteiger partial charge in [0.25, 0.3) is 15.9 Å². The largest absolute Gasteiger partial charge is 0.272 e. The number of halogens is 1. The van der Waals surface area contributed by atoms with Crippen molar-refractivity contribution in [2.45, 2.75) is 25.7 Å². The third-order valence-corrected chi connectivity index (χ3v) is 6.81. The fourth-order valence-corrected chi connectivity index (χ4v) is 4.73. The van der Waals surface area contributed by atoms with Gasteiger partial charge in [0.05, 0.1) is 10.6 Å². The van der Waals surface area contributed by atoms with Gasteiger partial charge in [-0.15, -0.1) is 0 Å². The van der Waals surface area contributed by atoms with Gasteiger partial charge in [0.1, 0.15) is 0 Å². The van der Waals surface area contributed by atoms with Crippen molar-refractivity contribution in [1.29, 1.82) is 0 Å². The third kappa shape index (κ3) is 3.88. The maximum absolute atomic E-state index is 13.5.